The SMILES string of the molecule is C=CC(=O)Nc1cc(N2CCN(CC)CC2)ccc1Nc1cc(Nc2ncccc2OC)c(C#N)cn1. The van der Waals surface area contributed by atoms with Crippen LogP contribution in [-0.2, 0) is 4.79 Å². The van der Waals surface area contributed by atoms with Crippen LogP contribution < -0.4 is 25.6 Å². The second kappa shape index (κ2) is 11.9. The van der Waals surface area contributed by atoms with Gasteiger partial charge in [-0.1, -0.05) is 13.5 Å². The van der Waals surface area contributed by atoms with E-state index in [1.807, 2.05) is 18.2 Å². The lowest BCUT2D eigenvalue weighted by molar-refractivity contribution is -0.111. The Morgan fingerprint density at radius 1 is 1.14 bits per heavy atom. The van der Waals surface area contributed by atoms with Gasteiger partial charge in [-0.2, -0.15) is 5.26 Å². The Labute approximate surface area is 216 Å². The summed E-state index contributed by atoms with van der Waals surface area (Å²) in [5, 5.41) is 18.9. The Bertz CT molecular complexity index is 1310. The van der Waals surface area contributed by atoms with E-state index in [9.17, 15) is 10.1 Å². The number of aromatic nitrogens is 2. The van der Waals surface area contributed by atoms with Gasteiger partial charge in [0.15, 0.2) is 11.6 Å². The second-order valence-corrected chi connectivity index (χ2v) is 8.38. The van der Waals surface area contributed by atoms with Crippen LogP contribution in [0, 0.1) is 11.3 Å². The maximum atomic E-state index is 12.2. The highest BCUT2D eigenvalue weighted by atomic mass is 16.5. The van der Waals surface area contributed by atoms with Gasteiger partial charge in [0.05, 0.1) is 29.7 Å². The van der Waals surface area contributed by atoms with Crippen LogP contribution in [-0.4, -0.2) is 60.6 Å². The molecule has 1 saturated heterocycles. The number of pyridine rings is 2. The number of hydrogen-bond acceptors (Lipinski definition) is 9. The van der Waals surface area contributed by atoms with Gasteiger partial charge in [-0.15, -0.1) is 0 Å². The largest absolute Gasteiger partial charge is 0.493 e. The predicted octanol–water partition coefficient (Wildman–Crippen LogP) is 4.11. The lowest BCUT2D eigenvalue weighted by Gasteiger charge is -2.35. The molecule has 3 aromatic rings. The molecule has 1 aliphatic rings. The fraction of sp³-hybridized carbons (Fsp3) is 0.259. The van der Waals surface area contributed by atoms with Gasteiger partial charge in [-0.3, -0.25) is 4.79 Å². The number of carbonyl (C=O) groups excluding carboxylic acids is 1. The molecule has 2 aromatic heterocycles. The van der Waals surface area contributed by atoms with Crippen molar-refractivity contribution in [2.75, 3.05) is 60.7 Å². The standard InChI is InChI=1S/C27H30N8O2/c1-4-26(36)32-23-15-20(35-13-11-34(5-2)12-14-35)8-9-21(23)31-25-16-22(19(17-28)18-30-25)33-27-24(37-3)7-6-10-29-27/h4,6-10,15-16,18H,1,5,11-14H2,2-3H3,(H,32,36)(H2,29,30,31,33). The highest BCUT2D eigenvalue weighted by molar-refractivity contribution is 6.02. The van der Waals surface area contributed by atoms with Crippen LogP contribution >= 0.6 is 0 Å². The molecule has 0 atom stereocenters. The summed E-state index contributed by atoms with van der Waals surface area (Å²) in [6, 6.07) is 13.3. The van der Waals surface area contributed by atoms with Crippen LogP contribution in [0.3, 0.4) is 0 Å². The summed E-state index contributed by atoms with van der Waals surface area (Å²) in [5.41, 5.74) is 3.15. The van der Waals surface area contributed by atoms with E-state index in [-0.39, 0.29) is 5.91 Å². The van der Waals surface area contributed by atoms with E-state index in [0.29, 0.717) is 40.0 Å². The van der Waals surface area contributed by atoms with Crippen LogP contribution in [0.4, 0.5) is 34.4 Å². The molecule has 0 spiro atoms. The monoisotopic (exact) mass is 498 g/mol. The zero-order valence-electron chi connectivity index (χ0n) is 21.0. The maximum absolute atomic E-state index is 12.2. The first-order valence-corrected chi connectivity index (χ1v) is 12.0. The van der Waals surface area contributed by atoms with E-state index in [1.54, 1.807) is 31.5 Å². The van der Waals surface area contributed by atoms with Crippen molar-refractivity contribution in [1.82, 2.24) is 14.9 Å². The van der Waals surface area contributed by atoms with Crippen LogP contribution in [0.25, 0.3) is 0 Å². The van der Waals surface area contributed by atoms with E-state index in [0.717, 1.165) is 38.4 Å². The molecule has 37 heavy (non-hydrogen) atoms. The summed E-state index contributed by atoms with van der Waals surface area (Å²) in [4.78, 5) is 25.6. The Morgan fingerprint density at radius 3 is 2.65 bits per heavy atom. The number of hydrogen-bond donors (Lipinski definition) is 3. The molecule has 1 aliphatic heterocycles. The molecule has 0 saturated carbocycles. The van der Waals surface area contributed by atoms with Crippen molar-refractivity contribution < 1.29 is 9.53 Å². The van der Waals surface area contributed by atoms with Crippen LogP contribution in [0.15, 0.2) is 61.4 Å². The van der Waals surface area contributed by atoms with Crippen molar-refractivity contribution in [3.8, 4) is 11.8 Å². The number of anilines is 6. The highest BCUT2D eigenvalue weighted by Gasteiger charge is 2.18. The molecule has 1 aromatic carbocycles. The second-order valence-electron chi connectivity index (χ2n) is 8.38. The Kier molecular flexibility index (Phi) is 8.18. The average Bonchev–Trinajstić information content (AvgIpc) is 2.94. The van der Waals surface area contributed by atoms with E-state index in [2.05, 4.69) is 55.3 Å². The molecule has 3 N–H and O–H groups in total. The van der Waals surface area contributed by atoms with E-state index in [1.165, 1.54) is 12.3 Å². The van der Waals surface area contributed by atoms with Crippen LogP contribution in [0.1, 0.15) is 12.5 Å². The first-order chi connectivity index (χ1) is 18.0. The first-order valence-electron chi connectivity index (χ1n) is 12.0. The van der Waals surface area contributed by atoms with Crippen LogP contribution in [0.2, 0.25) is 0 Å². The van der Waals surface area contributed by atoms with Crippen molar-refractivity contribution in [1.29, 1.82) is 5.26 Å². The maximum Gasteiger partial charge on any atom is 0.247 e. The number of rotatable bonds is 9. The van der Waals surface area contributed by atoms with Gasteiger partial charge < -0.3 is 30.5 Å². The number of benzene rings is 1. The molecule has 0 bridgehead atoms. The summed E-state index contributed by atoms with van der Waals surface area (Å²) < 4.78 is 5.36. The minimum atomic E-state index is -0.312. The Balaban J connectivity index is 1.61. The van der Waals surface area contributed by atoms with Gasteiger partial charge in [0.2, 0.25) is 5.91 Å². The topological polar surface area (TPSA) is 118 Å². The number of likely N-dealkylation sites (N-methyl/N-ethyl adjacent to an activating group) is 1. The molecule has 0 unspecified atom stereocenters. The van der Waals surface area contributed by atoms with E-state index in [4.69, 9.17) is 4.74 Å². The summed E-state index contributed by atoms with van der Waals surface area (Å²) >= 11 is 0. The molecule has 10 nitrogen and oxygen atoms in total. The average molecular weight is 499 g/mol. The minimum Gasteiger partial charge on any atom is -0.493 e. The predicted molar refractivity (Wildman–Crippen MR) is 146 cm³/mol. The van der Waals surface area contributed by atoms with Gasteiger partial charge in [-0.25, -0.2) is 9.97 Å². The van der Waals surface area contributed by atoms with Crippen molar-refractivity contribution >= 4 is 40.3 Å². The fourth-order valence-corrected chi connectivity index (χ4v) is 4.08. The molecule has 4 rings (SSSR count). The zero-order valence-corrected chi connectivity index (χ0v) is 21.0. The zero-order chi connectivity index (χ0) is 26.2. The molecule has 10 heteroatoms. The van der Waals surface area contributed by atoms with Crippen molar-refractivity contribution in [3.63, 3.8) is 0 Å². The molecule has 3 heterocycles. The van der Waals surface area contributed by atoms with Gasteiger partial charge in [0.1, 0.15) is 11.9 Å². The number of ether oxygens (including phenoxy) is 1. The smallest absolute Gasteiger partial charge is 0.247 e. The summed E-state index contributed by atoms with van der Waals surface area (Å²) in [6.07, 6.45) is 4.35. The Morgan fingerprint density at radius 2 is 1.95 bits per heavy atom. The minimum absolute atomic E-state index is 0.312. The summed E-state index contributed by atoms with van der Waals surface area (Å²) in [5.74, 6) is 1.19. The normalized spacial score (nSPS) is 13.4. The molecular formula is C27H30N8O2. The lowest BCUT2D eigenvalue weighted by Crippen LogP contribution is -2.46. The number of piperazine rings is 1. The molecular weight excluding hydrogens is 468 g/mol. The highest BCUT2D eigenvalue weighted by Crippen LogP contribution is 2.33. The summed E-state index contributed by atoms with van der Waals surface area (Å²) in [7, 11) is 1.55. The Hall–Kier alpha value is -4.62. The molecule has 0 radical (unpaired) electrons. The molecule has 1 amide bonds. The van der Waals surface area contributed by atoms with Crippen molar-refractivity contribution in [3.05, 3.63) is 67.0 Å². The fourth-order valence-electron chi connectivity index (χ4n) is 4.08. The van der Waals surface area contributed by atoms with Gasteiger partial charge in [-0.05, 0) is 43.0 Å². The summed E-state index contributed by atoms with van der Waals surface area (Å²) in [6.45, 7) is 10.6. The van der Waals surface area contributed by atoms with E-state index >= 15 is 0 Å². The number of amides is 1. The lowest BCUT2D eigenvalue weighted by atomic mass is 10.2. The third-order valence-corrected chi connectivity index (χ3v) is 6.16. The first kappa shape index (κ1) is 25.5. The number of carbonyl (C=O) groups is 1. The number of nitrogens with zero attached hydrogens (tertiary/aromatic N) is 5. The van der Waals surface area contributed by atoms with E-state index < -0.39 is 0 Å². The van der Waals surface area contributed by atoms with Crippen LogP contribution in [0.5, 0.6) is 5.75 Å². The molecule has 1 fully saturated rings. The number of nitriles is 1. The number of nitrogens with one attached hydrogen (secondary N) is 3. The quantitative estimate of drug-likeness (QED) is 0.375. The molecule has 0 aliphatic carbocycles. The molecule has 190 valence electrons. The van der Waals surface area contributed by atoms with Gasteiger partial charge in [0, 0.05) is 50.3 Å². The third kappa shape index (κ3) is 6.15. The van der Waals surface area contributed by atoms with Gasteiger partial charge >= 0.3 is 0 Å². The van der Waals surface area contributed by atoms with Gasteiger partial charge in [0.25, 0.3) is 0 Å². The van der Waals surface area contributed by atoms with Crippen molar-refractivity contribution in [2.24, 2.45) is 0 Å². The van der Waals surface area contributed by atoms with Crippen molar-refractivity contribution in [2.45, 2.75) is 6.92 Å². The number of methoxy groups -OCH3 is 1. The third-order valence-electron chi connectivity index (χ3n) is 6.16.